The Morgan fingerprint density at radius 3 is 2.09 bits per heavy atom. The number of carboxylic acids is 1. The van der Waals surface area contributed by atoms with Gasteiger partial charge in [0.1, 0.15) is 5.60 Å². The second-order valence-electron chi connectivity index (χ2n) is 7.17. The Morgan fingerprint density at radius 2 is 1.70 bits per heavy atom. The van der Waals surface area contributed by atoms with Crippen molar-refractivity contribution < 1.29 is 19.4 Å². The van der Waals surface area contributed by atoms with Gasteiger partial charge in [-0.15, -0.1) is 0 Å². The van der Waals surface area contributed by atoms with Crippen LogP contribution in [0.25, 0.3) is 0 Å². The fourth-order valence-corrected chi connectivity index (χ4v) is 2.28. The molecule has 1 N–H and O–H groups in total. The van der Waals surface area contributed by atoms with E-state index in [4.69, 9.17) is 4.74 Å². The molecule has 0 bridgehead atoms. The van der Waals surface area contributed by atoms with Crippen LogP contribution in [-0.2, 0) is 16.0 Å². The molecule has 0 aliphatic heterocycles. The molecule has 1 aromatic rings. The smallest absolute Gasteiger partial charge is 0.411 e. The van der Waals surface area contributed by atoms with Crippen LogP contribution in [0, 0.1) is 5.92 Å². The van der Waals surface area contributed by atoms with Crippen LogP contribution in [0.3, 0.4) is 0 Å². The van der Waals surface area contributed by atoms with Crippen LogP contribution in [0.15, 0.2) is 24.3 Å². The second kappa shape index (κ2) is 7.49. The lowest BCUT2D eigenvalue weighted by atomic mass is 9.99. The maximum atomic E-state index is 12.1. The Kier molecular flexibility index (Phi) is 6.19. The number of ether oxygens (including phenoxy) is 1. The minimum Gasteiger partial charge on any atom is -0.479 e. The Balaban J connectivity index is 2.98. The van der Waals surface area contributed by atoms with E-state index < -0.39 is 23.7 Å². The molecular weight excluding hydrogens is 294 g/mol. The molecule has 0 saturated carbocycles. The molecule has 128 valence electrons. The summed E-state index contributed by atoms with van der Waals surface area (Å²) in [7, 11) is 1.44. The van der Waals surface area contributed by atoms with Crippen molar-refractivity contribution in [2.24, 2.45) is 5.92 Å². The van der Waals surface area contributed by atoms with Crippen LogP contribution in [0.5, 0.6) is 0 Å². The topological polar surface area (TPSA) is 66.8 Å². The molecule has 1 rings (SSSR count). The summed E-state index contributed by atoms with van der Waals surface area (Å²) in [5, 5.41) is 9.51. The van der Waals surface area contributed by atoms with E-state index in [-0.39, 0.29) is 0 Å². The average molecular weight is 321 g/mol. The molecule has 5 nitrogen and oxygen atoms in total. The first-order valence-corrected chi connectivity index (χ1v) is 7.78. The molecule has 1 amide bonds. The second-order valence-corrected chi connectivity index (χ2v) is 7.17. The highest BCUT2D eigenvalue weighted by Crippen LogP contribution is 2.23. The average Bonchev–Trinajstić information content (AvgIpc) is 2.37. The van der Waals surface area contributed by atoms with Gasteiger partial charge in [0.2, 0.25) is 0 Å². The highest BCUT2D eigenvalue weighted by molar-refractivity contribution is 5.81. The van der Waals surface area contributed by atoms with E-state index in [0.717, 1.165) is 16.9 Å². The third kappa shape index (κ3) is 5.93. The van der Waals surface area contributed by atoms with Gasteiger partial charge in [-0.1, -0.05) is 38.1 Å². The third-order valence-electron chi connectivity index (χ3n) is 3.24. The van der Waals surface area contributed by atoms with E-state index in [2.05, 4.69) is 13.8 Å². The molecular formula is C18H27NO4. The van der Waals surface area contributed by atoms with E-state index in [1.165, 1.54) is 7.05 Å². The van der Waals surface area contributed by atoms with Crippen LogP contribution in [0.4, 0.5) is 4.79 Å². The molecule has 0 saturated heterocycles. The van der Waals surface area contributed by atoms with Gasteiger partial charge in [0, 0.05) is 7.05 Å². The molecule has 23 heavy (non-hydrogen) atoms. The maximum Gasteiger partial charge on any atom is 0.411 e. The molecule has 0 spiro atoms. The lowest BCUT2D eigenvalue weighted by Gasteiger charge is -2.28. The number of rotatable bonds is 5. The van der Waals surface area contributed by atoms with Crippen LogP contribution in [0.2, 0.25) is 0 Å². The molecule has 1 atom stereocenters. The number of carboxylic acid groups (broad SMARTS) is 1. The summed E-state index contributed by atoms with van der Waals surface area (Å²) in [5.41, 5.74) is 1.03. The molecule has 1 aromatic carbocycles. The summed E-state index contributed by atoms with van der Waals surface area (Å²) in [5.74, 6) is -0.560. The Labute approximate surface area is 138 Å². The highest BCUT2D eigenvalue weighted by atomic mass is 16.6. The molecule has 0 aliphatic carbocycles. The summed E-state index contributed by atoms with van der Waals surface area (Å²) < 4.78 is 5.25. The van der Waals surface area contributed by atoms with Crippen molar-refractivity contribution in [1.82, 2.24) is 4.90 Å². The number of benzene rings is 1. The Hall–Kier alpha value is -2.04. The van der Waals surface area contributed by atoms with Crippen LogP contribution < -0.4 is 0 Å². The van der Waals surface area contributed by atoms with Crippen LogP contribution in [0.1, 0.15) is 51.8 Å². The number of carbonyl (C=O) groups excluding carboxylic acids is 1. The number of hydrogen-bond acceptors (Lipinski definition) is 3. The summed E-state index contributed by atoms with van der Waals surface area (Å²) in [6.07, 6.45) is 0.274. The van der Waals surface area contributed by atoms with E-state index in [0.29, 0.717) is 11.5 Å². The van der Waals surface area contributed by atoms with Crippen molar-refractivity contribution in [2.75, 3.05) is 7.05 Å². The first kappa shape index (κ1) is 19.0. The molecule has 0 aliphatic rings. The van der Waals surface area contributed by atoms with Gasteiger partial charge in [0.05, 0.1) is 0 Å². The molecule has 0 aromatic heterocycles. The quantitative estimate of drug-likeness (QED) is 0.893. The maximum absolute atomic E-state index is 12.1. The number of amides is 1. The van der Waals surface area contributed by atoms with E-state index >= 15 is 0 Å². The van der Waals surface area contributed by atoms with Crippen molar-refractivity contribution in [2.45, 2.75) is 52.7 Å². The van der Waals surface area contributed by atoms with E-state index in [1.807, 2.05) is 12.1 Å². The van der Waals surface area contributed by atoms with E-state index in [9.17, 15) is 14.7 Å². The van der Waals surface area contributed by atoms with Gasteiger partial charge in [0.15, 0.2) is 6.04 Å². The summed E-state index contributed by atoms with van der Waals surface area (Å²) in [6.45, 7) is 9.49. The number of aliphatic carboxylic acids is 1. The zero-order chi connectivity index (χ0) is 17.8. The van der Waals surface area contributed by atoms with Crippen molar-refractivity contribution in [1.29, 1.82) is 0 Å². The zero-order valence-corrected chi connectivity index (χ0v) is 14.8. The number of nitrogens with zero attached hydrogens (tertiary/aromatic N) is 1. The Bertz CT molecular complexity index is 543. The fraction of sp³-hybridized carbons (Fsp3) is 0.556. The van der Waals surface area contributed by atoms with Crippen molar-refractivity contribution >= 4 is 12.1 Å². The summed E-state index contributed by atoms with van der Waals surface area (Å²) >= 11 is 0. The number of likely N-dealkylation sites (N-methyl/N-ethyl adjacent to an activating group) is 1. The van der Waals surface area contributed by atoms with Gasteiger partial charge >= 0.3 is 12.1 Å². The van der Waals surface area contributed by atoms with Gasteiger partial charge in [-0.2, -0.15) is 0 Å². The van der Waals surface area contributed by atoms with Crippen LogP contribution in [-0.4, -0.2) is 34.7 Å². The van der Waals surface area contributed by atoms with Gasteiger partial charge in [-0.05, 0) is 44.2 Å². The summed E-state index contributed by atoms with van der Waals surface area (Å²) in [6, 6.07) is 6.27. The van der Waals surface area contributed by atoms with Gasteiger partial charge < -0.3 is 9.84 Å². The molecule has 5 heteroatoms. The first-order chi connectivity index (χ1) is 10.5. The van der Waals surface area contributed by atoms with Gasteiger partial charge in [-0.3, -0.25) is 4.90 Å². The highest BCUT2D eigenvalue weighted by Gasteiger charge is 2.31. The molecule has 0 heterocycles. The SMILES string of the molecule is CC(C)Cc1ccc(C(C(=O)O)N(C)C(=O)OC(C)(C)C)cc1. The lowest BCUT2D eigenvalue weighted by Crippen LogP contribution is -2.39. The largest absolute Gasteiger partial charge is 0.479 e. The van der Waals surface area contributed by atoms with Crippen molar-refractivity contribution in [3.63, 3.8) is 0 Å². The third-order valence-corrected chi connectivity index (χ3v) is 3.24. The molecule has 1 unspecified atom stereocenters. The number of carbonyl (C=O) groups is 2. The normalized spacial score (nSPS) is 12.8. The van der Waals surface area contributed by atoms with Crippen LogP contribution >= 0.6 is 0 Å². The lowest BCUT2D eigenvalue weighted by molar-refractivity contribution is -0.142. The van der Waals surface area contributed by atoms with E-state index in [1.54, 1.807) is 32.9 Å². The predicted octanol–water partition coefficient (Wildman–Crippen LogP) is 3.88. The monoisotopic (exact) mass is 321 g/mol. The van der Waals surface area contributed by atoms with Crippen molar-refractivity contribution in [3.8, 4) is 0 Å². The Morgan fingerprint density at radius 1 is 1.17 bits per heavy atom. The predicted molar refractivity (Wildman–Crippen MR) is 89.4 cm³/mol. The van der Waals surface area contributed by atoms with Gasteiger partial charge in [-0.25, -0.2) is 9.59 Å². The van der Waals surface area contributed by atoms with Gasteiger partial charge in [0.25, 0.3) is 0 Å². The molecule has 0 fully saturated rings. The minimum absolute atomic E-state index is 0.528. The standard InChI is InChI=1S/C18H27NO4/c1-12(2)11-13-7-9-14(10-8-13)15(16(20)21)19(6)17(22)23-18(3,4)5/h7-10,12,15H,11H2,1-6H3,(H,20,21). The zero-order valence-electron chi connectivity index (χ0n) is 14.8. The van der Waals surface area contributed by atoms with Crippen molar-refractivity contribution in [3.05, 3.63) is 35.4 Å². The number of hydrogen-bond donors (Lipinski definition) is 1. The fourth-order valence-electron chi connectivity index (χ4n) is 2.28. The summed E-state index contributed by atoms with van der Waals surface area (Å²) in [4.78, 5) is 24.9. The minimum atomic E-state index is -1.09. The molecule has 0 radical (unpaired) electrons. The first-order valence-electron chi connectivity index (χ1n) is 7.78.